The fourth-order valence-electron chi connectivity index (χ4n) is 1.20. The molecule has 0 aliphatic carbocycles. The molecular formula is C9H11BrN4O2. The molecule has 0 saturated heterocycles. The van der Waals surface area contributed by atoms with Gasteiger partial charge in [-0.2, -0.15) is 0 Å². The lowest BCUT2D eigenvalue weighted by molar-refractivity contribution is 0.0148. The van der Waals surface area contributed by atoms with E-state index in [-0.39, 0.29) is 13.0 Å². The second kappa shape index (κ2) is 6.44. The second-order valence-corrected chi connectivity index (χ2v) is 4.11. The van der Waals surface area contributed by atoms with Gasteiger partial charge < -0.3 is 10.2 Å². The van der Waals surface area contributed by atoms with Crippen molar-refractivity contribution in [2.75, 3.05) is 6.54 Å². The van der Waals surface area contributed by atoms with E-state index in [9.17, 15) is 10.2 Å². The Hall–Kier alpha value is -1.14. The number of aliphatic hydroxyl groups is 2. The van der Waals surface area contributed by atoms with Crippen molar-refractivity contribution < 1.29 is 10.2 Å². The highest BCUT2D eigenvalue weighted by molar-refractivity contribution is 9.10. The van der Waals surface area contributed by atoms with Crippen LogP contribution in [0.4, 0.5) is 0 Å². The zero-order valence-corrected chi connectivity index (χ0v) is 9.95. The van der Waals surface area contributed by atoms with Crippen LogP contribution in [0.1, 0.15) is 18.1 Å². The summed E-state index contributed by atoms with van der Waals surface area (Å²) in [6.45, 7) is 0.149. The third kappa shape index (κ3) is 3.79. The van der Waals surface area contributed by atoms with Gasteiger partial charge in [0.1, 0.15) is 6.10 Å². The molecule has 86 valence electrons. The number of hydrogen-bond acceptors (Lipinski definition) is 4. The molecule has 1 aromatic heterocycles. The predicted octanol–water partition coefficient (Wildman–Crippen LogP) is 1.94. The number of halogens is 1. The zero-order valence-electron chi connectivity index (χ0n) is 8.36. The van der Waals surface area contributed by atoms with Crippen LogP contribution in [-0.2, 0) is 0 Å². The molecule has 1 aromatic rings. The normalized spacial score (nSPS) is 13.9. The molecule has 0 fully saturated rings. The average Bonchev–Trinajstić information content (AvgIpc) is 2.28. The maximum atomic E-state index is 9.77. The summed E-state index contributed by atoms with van der Waals surface area (Å²) in [5.41, 5.74) is 8.59. The summed E-state index contributed by atoms with van der Waals surface area (Å²) in [4.78, 5) is 6.45. The van der Waals surface area contributed by atoms with Gasteiger partial charge in [-0.25, -0.2) is 0 Å². The Balaban J connectivity index is 2.62. The lowest BCUT2D eigenvalue weighted by atomic mass is 10.0. The molecular weight excluding hydrogens is 276 g/mol. The first kappa shape index (κ1) is 12.9. The summed E-state index contributed by atoms with van der Waals surface area (Å²) in [5.74, 6) is 0. The van der Waals surface area contributed by atoms with Gasteiger partial charge in [0.2, 0.25) is 0 Å². The molecule has 1 heterocycles. The van der Waals surface area contributed by atoms with Gasteiger partial charge in [-0.1, -0.05) is 5.11 Å². The van der Waals surface area contributed by atoms with Crippen molar-refractivity contribution in [1.82, 2.24) is 4.98 Å². The molecule has 0 aliphatic heterocycles. The predicted molar refractivity (Wildman–Crippen MR) is 61.5 cm³/mol. The summed E-state index contributed by atoms with van der Waals surface area (Å²) < 4.78 is 0.728. The first-order valence-corrected chi connectivity index (χ1v) is 5.42. The fourth-order valence-corrected chi connectivity index (χ4v) is 1.59. The van der Waals surface area contributed by atoms with Crippen LogP contribution in [0.3, 0.4) is 0 Å². The highest BCUT2D eigenvalue weighted by Crippen LogP contribution is 2.21. The van der Waals surface area contributed by atoms with E-state index in [0.717, 1.165) is 4.47 Å². The van der Waals surface area contributed by atoms with Gasteiger partial charge in [0, 0.05) is 33.9 Å². The maximum absolute atomic E-state index is 9.77. The number of nitrogens with zero attached hydrogens (tertiary/aromatic N) is 4. The topological polar surface area (TPSA) is 102 Å². The van der Waals surface area contributed by atoms with Crippen molar-refractivity contribution in [1.29, 1.82) is 0 Å². The highest BCUT2D eigenvalue weighted by atomic mass is 79.9. The monoisotopic (exact) mass is 286 g/mol. The number of pyridine rings is 1. The minimum Gasteiger partial charge on any atom is -0.390 e. The van der Waals surface area contributed by atoms with E-state index in [1.165, 1.54) is 6.20 Å². The molecule has 6 nitrogen and oxygen atoms in total. The lowest BCUT2D eigenvalue weighted by Crippen LogP contribution is -2.19. The van der Waals surface area contributed by atoms with E-state index in [2.05, 4.69) is 30.9 Å². The maximum Gasteiger partial charge on any atom is 0.106 e. The Labute approximate surface area is 101 Å². The summed E-state index contributed by atoms with van der Waals surface area (Å²) in [6, 6.07) is 1.68. The van der Waals surface area contributed by atoms with Crippen molar-refractivity contribution in [3.63, 3.8) is 0 Å². The van der Waals surface area contributed by atoms with Crippen molar-refractivity contribution >= 4 is 15.9 Å². The molecule has 0 aliphatic rings. The van der Waals surface area contributed by atoms with Crippen LogP contribution in [0.25, 0.3) is 10.4 Å². The van der Waals surface area contributed by atoms with E-state index >= 15 is 0 Å². The Bertz CT molecular complexity index is 395. The number of aliphatic hydroxyl groups excluding tert-OH is 2. The van der Waals surface area contributed by atoms with Crippen LogP contribution >= 0.6 is 15.9 Å². The number of hydrogen-bond donors (Lipinski definition) is 2. The van der Waals surface area contributed by atoms with Gasteiger partial charge in [-0.05, 0) is 33.9 Å². The molecule has 16 heavy (non-hydrogen) atoms. The van der Waals surface area contributed by atoms with E-state index in [1.54, 1.807) is 12.3 Å². The van der Waals surface area contributed by atoms with Crippen LogP contribution in [0.5, 0.6) is 0 Å². The summed E-state index contributed by atoms with van der Waals surface area (Å²) in [5, 5.41) is 22.7. The first-order chi connectivity index (χ1) is 7.65. The van der Waals surface area contributed by atoms with Gasteiger partial charge in [-0.15, -0.1) is 0 Å². The molecule has 0 aromatic carbocycles. The highest BCUT2D eigenvalue weighted by Gasteiger charge is 2.18. The molecule has 0 radical (unpaired) electrons. The molecule has 7 heteroatoms. The van der Waals surface area contributed by atoms with Crippen molar-refractivity contribution in [2.24, 2.45) is 5.11 Å². The number of aromatic nitrogens is 1. The van der Waals surface area contributed by atoms with Crippen molar-refractivity contribution in [3.05, 3.63) is 38.9 Å². The summed E-state index contributed by atoms with van der Waals surface area (Å²) >= 11 is 3.22. The van der Waals surface area contributed by atoms with Gasteiger partial charge in [0.05, 0.1) is 6.10 Å². The third-order valence-electron chi connectivity index (χ3n) is 2.02. The molecule has 2 unspecified atom stereocenters. The largest absolute Gasteiger partial charge is 0.390 e. The first-order valence-electron chi connectivity index (χ1n) is 4.62. The third-order valence-corrected chi connectivity index (χ3v) is 2.45. The number of rotatable bonds is 5. The SMILES string of the molecule is [N-]=[N+]=NCCC(O)C(O)c1cncc(Br)c1. The van der Waals surface area contributed by atoms with Crippen LogP contribution < -0.4 is 0 Å². The van der Waals surface area contributed by atoms with Gasteiger partial charge in [0.15, 0.2) is 0 Å². The minimum absolute atomic E-state index is 0.149. The summed E-state index contributed by atoms with van der Waals surface area (Å²) in [6.07, 6.45) is 1.27. The second-order valence-electron chi connectivity index (χ2n) is 3.19. The van der Waals surface area contributed by atoms with E-state index in [0.29, 0.717) is 5.56 Å². The summed E-state index contributed by atoms with van der Waals surface area (Å²) in [7, 11) is 0. The smallest absolute Gasteiger partial charge is 0.106 e. The molecule has 1 rings (SSSR count). The van der Waals surface area contributed by atoms with Crippen LogP contribution in [0.2, 0.25) is 0 Å². The minimum atomic E-state index is -1.03. The molecule has 0 saturated carbocycles. The average molecular weight is 287 g/mol. The number of azide groups is 1. The quantitative estimate of drug-likeness (QED) is 0.491. The Morgan fingerprint density at radius 2 is 2.25 bits per heavy atom. The van der Waals surface area contributed by atoms with E-state index < -0.39 is 12.2 Å². The van der Waals surface area contributed by atoms with Gasteiger partial charge in [0.25, 0.3) is 0 Å². The fraction of sp³-hybridized carbons (Fsp3) is 0.444. The van der Waals surface area contributed by atoms with Gasteiger partial charge in [-0.3, -0.25) is 4.98 Å². The molecule has 2 atom stereocenters. The molecule has 0 amide bonds. The Kier molecular flexibility index (Phi) is 5.21. The van der Waals surface area contributed by atoms with Crippen molar-refractivity contribution in [2.45, 2.75) is 18.6 Å². The molecule has 0 spiro atoms. The molecule has 0 bridgehead atoms. The Morgan fingerprint density at radius 1 is 1.50 bits per heavy atom. The molecule has 2 N–H and O–H groups in total. The van der Waals surface area contributed by atoms with Crippen LogP contribution in [-0.4, -0.2) is 27.8 Å². The van der Waals surface area contributed by atoms with Crippen LogP contribution in [0.15, 0.2) is 28.0 Å². The standard InChI is InChI=1S/C9H11BrN4O2/c10-7-3-6(4-12-5-7)9(16)8(15)1-2-13-14-11/h3-5,8-9,15-16H,1-2H2. The van der Waals surface area contributed by atoms with Crippen molar-refractivity contribution in [3.8, 4) is 0 Å². The van der Waals surface area contributed by atoms with E-state index in [1.807, 2.05) is 0 Å². The van der Waals surface area contributed by atoms with Gasteiger partial charge >= 0.3 is 0 Å². The zero-order chi connectivity index (χ0) is 12.0. The lowest BCUT2D eigenvalue weighted by Gasteiger charge is -2.16. The van der Waals surface area contributed by atoms with Crippen LogP contribution in [0, 0.1) is 0 Å². The van der Waals surface area contributed by atoms with E-state index in [4.69, 9.17) is 5.53 Å². The Morgan fingerprint density at radius 3 is 2.88 bits per heavy atom.